The Morgan fingerprint density at radius 3 is 2.50 bits per heavy atom. The number of fused-ring (bicyclic) bond motifs is 1. The van der Waals surface area contributed by atoms with Gasteiger partial charge in [0.1, 0.15) is 5.52 Å². The second kappa shape index (κ2) is 5.39. The molecule has 0 bridgehead atoms. The Morgan fingerprint density at radius 1 is 1.14 bits per heavy atom. The van der Waals surface area contributed by atoms with Gasteiger partial charge in [-0.15, -0.1) is 0 Å². The van der Waals surface area contributed by atoms with Gasteiger partial charge in [0.15, 0.2) is 11.4 Å². The third kappa shape index (κ3) is 2.39. The summed E-state index contributed by atoms with van der Waals surface area (Å²) in [6, 6.07) is 5.57. The van der Waals surface area contributed by atoms with Crippen LogP contribution in [0, 0.1) is 0 Å². The van der Waals surface area contributed by atoms with Gasteiger partial charge in [-0.2, -0.15) is 13.2 Å². The number of ether oxygens (including phenoxy) is 1. The van der Waals surface area contributed by atoms with E-state index in [1.54, 1.807) is 12.4 Å². The number of alkyl halides is 3. The molecule has 0 spiro atoms. The van der Waals surface area contributed by atoms with E-state index >= 15 is 0 Å². The molecule has 22 heavy (non-hydrogen) atoms. The predicted molar refractivity (Wildman–Crippen MR) is 76.8 cm³/mol. The molecule has 0 aliphatic carbocycles. The zero-order chi connectivity index (χ0) is 15.8. The molecule has 118 valence electrons. The van der Waals surface area contributed by atoms with Gasteiger partial charge in [-0.3, -0.25) is 4.98 Å². The number of methoxy groups -OCH3 is 1. The van der Waals surface area contributed by atoms with Crippen LogP contribution in [0.15, 0.2) is 30.6 Å². The predicted octanol–water partition coefficient (Wildman–Crippen LogP) is 3.18. The number of aromatic nitrogens is 2. The van der Waals surface area contributed by atoms with E-state index < -0.39 is 11.8 Å². The van der Waals surface area contributed by atoms with Crippen LogP contribution in [0.2, 0.25) is 0 Å². The zero-order valence-corrected chi connectivity index (χ0v) is 12.1. The Balaban J connectivity index is 1.87. The van der Waals surface area contributed by atoms with Gasteiger partial charge < -0.3 is 9.64 Å². The second-order valence-corrected chi connectivity index (χ2v) is 5.39. The van der Waals surface area contributed by atoms with Crippen molar-refractivity contribution in [3.63, 3.8) is 0 Å². The van der Waals surface area contributed by atoms with Crippen molar-refractivity contribution in [3.05, 3.63) is 30.6 Å². The van der Waals surface area contributed by atoms with E-state index in [0.717, 1.165) is 12.5 Å². The molecular formula is C15H16F3N3O. The van der Waals surface area contributed by atoms with Crippen molar-refractivity contribution >= 4 is 16.7 Å². The quantitative estimate of drug-likeness (QED) is 0.854. The first-order valence-corrected chi connectivity index (χ1v) is 7.03. The van der Waals surface area contributed by atoms with Crippen LogP contribution in [0.3, 0.4) is 0 Å². The summed E-state index contributed by atoms with van der Waals surface area (Å²) in [4.78, 5) is 10.5. The number of hydrogen-bond acceptors (Lipinski definition) is 4. The molecule has 0 radical (unpaired) electrons. The molecule has 0 amide bonds. The number of hydrogen-bond donors (Lipinski definition) is 0. The summed E-state index contributed by atoms with van der Waals surface area (Å²) < 4.78 is 44.5. The average Bonchev–Trinajstić information content (AvgIpc) is 2.53. The molecule has 1 aliphatic heterocycles. The van der Waals surface area contributed by atoms with Crippen LogP contribution in [0.25, 0.3) is 10.9 Å². The summed E-state index contributed by atoms with van der Waals surface area (Å²) in [6.45, 7) is 0.464. The molecule has 7 heteroatoms. The summed E-state index contributed by atoms with van der Waals surface area (Å²) in [6.07, 6.45) is -1.28. The standard InChI is InChI=1S/C15H16F3N3O/c1-22-14(15(16,17)18)5-9-21(10-6-14)13-12-11(4-8-20-13)3-2-7-19-12/h2-4,7-8H,5-6,9-10H2,1H3. The van der Waals surface area contributed by atoms with Crippen molar-refractivity contribution in [3.8, 4) is 0 Å². The van der Waals surface area contributed by atoms with Crippen molar-refractivity contribution in [1.29, 1.82) is 0 Å². The smallest absolute Gasteiger partial charge is 0.369 e. The van der Waals surface area contributed by atoms with Crippen molar-refractivity contribution in [1.82, 2.24) is 9.97 Å². The molecule has 0 N–H and O–H groups in total. The minimum absolute atomic E-state index is 0.113. The lowest BCUT2D eigenvalue weighted by molar-refractivity contribution is -0.276. The maximum atomic E-state index is 13.2. The molecule has 0 unspecified atom stereocenters. The van der Waals surface area contributed by atoms with Gasteiger partial charge >= 0.3 is 6.18 Å². The lowest BCUT2D eigenvalue weighted by Gasteiger charge is -2.42. The summed E-state index contributed by atoms with van der Waals surface area (Å²) in [5.41, 5.74) is -1.34. The maximum Gasteiger partial charge on any atom is 0.417 e. The van der Waals surface area contributed by atoms with Crippen LogP contribution in [-0.2, 0) is 4.74 Å². The van der Waals surface area contributed by atoms with Gasteiger partial charge in [0.05, 0.1) is 0 Å². The Kier molecular flexibility index (Phi) is 3.68. The maximum absolute atomic E-state index is 13.2. The zero-order valence-electron chi connectivity index (χ0n) is 12.1. The number of anilines is 1. The van der Waals surface area contributed by atoms with E-state index in [0.29, 0.717) is 11.3 Å². The Morgan fingerprint density at radius 2 is 1.86 bits per heavy atom. The number of nitrogens with zero attached hydrogens (tertiary/aromatic N) is 3. The molecule has 0 saturated carbocycles. The molecule has 1 aliphatic rings. The molecule has 4 nitrogen and oxygen atoms in total. The van der Waals surface area contributed by atoms with Crippen LogP contribution in [0.1, 0.15) is 12.8 Å². The van der Waals surface area contributed by atoms with Crippen molar-refractivity contribution < 1.29 is 17.9 Å². The van der Waals surface area contributed by atoms with Gasteiger partial charge in [0.2, 0.25) is 0 Å². The van der Waals surface area contributed by atoms with E-state index in [-0.39, 0.29) is 25.9 Å². The highest BCUT2D eigenvalue weighted by Crippen LogP contribution is 2.42. The molecule has 1 fully saturated rings. The van der Waals surface area contributed by atoms with Crippen molar-refractivity contribution in [2.24, 2.45) is 0 Å². The Bertz CT molecular complexity index is 661. The summed E-state index contributed by atoms with van der Waals surface area (Å²) in [7, 11) is 1.13. The molecule has 2 aromatic rings. The normalized spacial score (nSPS) is 18.6. The minimum atomic E-state index is -4.36. The van der Waals surface area contributed by atoms with E-state index in [4.69, 9.17) is 4.74 Å². The van der Waals surface area contributed by atoms with Crippen molar-refractivity contribution in [2.75, 3.05) is 25.1 Å². The van der Waals surface area contributed by atoms with E-state index in [1.165, 1.54) is 0 Å². The Labute approximate surface area is 125 Å². The van der Waals surface area contributed by atoms with E-state index in [1.807, 2.05) is 23.1 Å². The third-order valence-electron chi connectivity index (χ3n) is 4.28. The fraction of sp³-hybridized carbons (Fsp3) is 0.467. The summed E-state index contributed by atoms with van der Waals surface area (Å²) in [5, 5.41) is 0.923. The van der Waals surface area contributed by atoms with Crippen molar-refractivity contribution in [2.45, 2.75) is 24.6 Å². The first kappa shape index (κ1) is 15.0. The number of rotatable bonds is 2. The summed E-state index contributed by atoms with van der Waals surface area (Å²) in [5.74, 6) is 0.630. The molecule has 2 aromatic heterocycles. The van der Waals surface area contributed by atoms with E-state index in [2.05, 4.69) is 9.97 Å². The highest BCUT2D eigenvalue weighted by Gasteiger charge is 2.56. The molecule has 3 rings (SSSR count). The van der Waals surface area contributed by atoms with Gasteiger partial charge in [-0.1, -0.05) is 6.07 Å². The molecular weight excluding hydrogens is 295 g/mol. The monoisotopic (exact) mass is 311 g/mol. The SMILES string of the molecule is COC1(C(F)(F)F)CCN(c2nccc3cccnc23)CC1. The van der Waals surface area contributed by atoms with Crippen LogP contribution < -0.4 is 4.90 Å². The minimum Gasteiger partial charge on any atom is -0.369 e. The fourth-order valence-corrected chi connectivity index (χ4v) is 2.90. The number of piperidine rings is 1. The van der Waals surface area contributed by atoms with Crippen LogP contribution >= 0.6 is 0 Å². The first-order chi connectivity index (χ1) is 10.5. The third-order valence-corrected chi connectivity index (χ3v) is 4.28. The number of pyridine rings is 2. The van der Waals surface area contributed by atoms with Crippen LogP contribution in [-0.4, -0.2) is 41.9 Å². The van der Waals surface area contributed by atoms with Crippen LogP contribution in [0.4, 0.5) is 19.0 Å². The van der Waals surface area contributed by atoms with E-state index in [9.17, 15) is 13.2 Å². The lowest BCUT2D eigenvalue weighted by Crippen LogP contribution is -2.54. The largest absolute Gasteiger partial charge is 0.417 e. The van der Waals surface area contributed by atoms with Gasteiger partial charge in [-0.25, -0.2) is 4.98 Å². The molecule has 3 heterocycles. The second-order valence-electron chi connectivity index (χ2n) is 5.39. The fourth-order valence-electron chi connectivity index (χ4n) is 2.90. The van der Waals surface area contributed by atoms with Gasteiger partial charge in [-0.05, 0) is 12.1 Å². The summed E-state index contributed by atoms with van der Waals surface area (Å²) >= 11 is 0. The van der Waals surface area contributed by atoms with Gasteiger partial charge in [0.25, 0.3) is 0 Å². The molecule has 0 aromatic carbocycles. The average molecular weight is 311 g/mol. The Hall–Kier alpha value is -1.89. The molecule has 1 saturated heterocycles. The highest BCUT2D eigenvalue weighted by atomic mass is 19.4. The topological polar surface area (TPSA) is 38.2 Å². The van der Waals surface area contributed by atoms with Gasteiger partial charge in [0, 0.05) is 50.8 Å². The molecule has 0 atom stereocenters. The lowest BCUT2D eigenvalue weighted by atomic mass is 9.90. The highest BCUT2D eigenvalue weighted by molar-refractivity contribution is 5.88. The van der Waals surface area contributed by atoms with Crippen LogP contribution in [0.5, 0.6) is 0 Å². The first-order valence-electron chi connectivity index (χ1n) is 7.03. The number of halogens is 3.